The maximum Gasteiger partial charge on any atom is 0.124 e. The smallest absolute Gasteiger partial charge is 0.124 e. The molecule has 0 aliphatic carbocycles. The zero-order chi connectivity index (χ0) is 16.1. The van der Waals surface area contributed by atoms with Crippen LogP contribution in [-0.4, -0.2) is 47.2 Å². The predicted octanol–water partition coefficient (Wildman–Crippen LogP) is 1.09. The van der Waals surface area contributed by atoms with Crippen molar-refractivity contribution in [2.45, 2.75) is 12.6 Å². The highest BCUT2D eigenvalue weighted by Crippen LogP contribution is 2.15. The molecule has 7 heteroatoms. The Kier molecular flexibility index (Phi) is 5.09. The van der Waals surface area contributed by atoms with Gasteiger partial charge in [0.15, 0.2) is 0 Å². The van der Waals surface area contributed by atoms with Crippen LogP contribution in [0.3, 0.4) is 0 Å². The Labute approximate surface area is 134 Å². The fourth-order valence-corrected chi connectivity index (χ4v) is 2.56. The van der Waals surface area contributed by atoms with Gasteiger partial charge in [-0.2, -0.15) is 5.10 Å². The van der Waals surface area contributed by atoms with Gasteiger partial charge in [-0.1, -0.05) is 0 Å². The van der Waals surface area contributed by atoms with Gasteiger partial charge in [-0.05, 0) is 24.3 Å². The number of nitrogens with one attached hydrogen (secondary N) is 2. The van der Waals surface area contributed by atoms with E-state index in [4.69, 9.17) is 4.74 Å². The Morgan fingerprint density at radius 1 is 1.39 bits per heavy atom. The van der Waals surface area contributed by atoms with Crippen molar-refractivity contribution in [2.24, 2.45) is 5.92 Å². The van der Waals surface area contributed by atoms with Crippen molar-refractivity contribution in [1.82, 2.24) is 15.1 Å². The molecule has 0 saturated heterocycles. The summed E-state index contributed by atoms with van der Waals surface area (Å²) in [4.78, 5) is 0. The van der Waals surface area contributed by atoms with E-state index in [1.54, 1.807) is 18.3 Å². The van der Waals surface area contributed by atoms with E-state index in [0.29, 0.717) is 18.2 Å². The molecule has 3 rings (SSSR count). The van der Waals surface area contributed by atoms with E-state index >= 15 is 0 Å². The van der Waals surface area contributed by atoms with Crippen molar-refractivity contribution in [2.75, 3.05) is 31.6 Å². The van der Waals surface area contributed by atoms with Crippen LogP contribution in [0.2, 0.25) is 0 Å². The summed E-state index contributed by atoms with van der Waals surface area (Å²) in [5.74, 6) is 1.72. The van der Waals surface area contributed by atoms with Crippen molar-refractivity contribution in [1.29, 1.82) is 0 Å². The van der Waals surface area contributed by atoms with Gasteiger partial charge in [0.1, 0.15) is 30.1 Å². The number of ether oxygens (including phenoxy) is 1. The summed E-state index contributed by atoms with van der Waals surface area (Å²) in [6, 6.07) is 7.72. The van der Waals surface area contributed by atoms with Crippen LogP contribution >= 0.6 is 0 Å². The van der Waals surface area contributed by atoms with Crippen molar-refractivity contribution in [3.8, 4) is 5.75 Å². The number of benzene rings is 1. The number of rotatable bonds is 7. The summed E-state index contributed by atoms with van der Waals surface area (Å²) >= 11 is 0. The zero-order valence-corrected chi connectivity index (χ0v) is 12.8. The topological polar surface area (TPSA) is 71.3 Å². The average Bonchev–Trinajstić information content (AvgIpc) is 3.02. The number of nitrogens with zero attached hydrogens (tertiary/aromatic N) is 2. The number of fused-ring (bicyclic) bond motifs is 1. The van der Waals surface area contributed by atoms with Gasteiger partial charge in [-0.15, -0.1) is 0 Å². The highest BCUT2D eigenvalue weighted by Gasteiger charge is 2.18. The largest absolute Gasteiger partial charge is 0.491 e. The van der Waals surface area contributed by atoms with Crippen LogP contribution in [0.4, 0.5) is 10.2 Å². The minimum absolute atomic E-state index is 0.171. The molecule has 6 nitrogen and oxygen atoms in total. The van der Waals surface area contributed by atoms with Gasteiger partial charge in [0.25, 0.3) is 0 Å². The Hall–Kier alpha value is -2.12. The Morgan fingerprint density at radius 2 is 2.22 bits per heavy atom. The minimum atomic E-state index is -0.614. The van der Waals surface area contributed by atoms with Crippen LogP contribution in [0.25, 0.3) is 0 Å². The molecule has 124 valence electrons. The molecular weight excluding hydrogens is 299 g/mol. The van der Waals surface area contributed by atoms with Gasteiger partial charge in [0.2, 0.25) is 0 Å². The van der Waals surface area contributed by atoms with Gasteiger partial charge in [-0.25, -0.2) is 9.07 Å². The lowest BCUT2D eigenvalue weighted by Crippen LogP contribution is -2.39. The van der Waals surface area contributed by atoms with E-state index in [2.05, 4.69) is 15.7 Å². The quantitative estimate of drug-likeness (QED) is 0.712. The summed E-state index contributed by atoms with van der Waals surface area (Å²) in [7, 11) is 0. The highest BCUT2D eigenvalue weighted by molar-refractivity contribution is 5.35. The maximum atomic E-state index is 12.8. The van der Waals surface area contributed by atoms with Crippen molar-refractivity contribution >= 4 is 5.82 Å². The molecule has 0 radical (unpaired) electrons. The molecule has 2 atom stereocenters. The van der Waals surface area contributed by atoms with Crippen LogP contribution in [0.5, 0.6) is 5.75 Å². The number of aliphatic hydroxyl groups is 1. The van der Waals surface area contributed by atoms with Crippen LogP contribution in [0, 0.1) is 11.7 Å². The maximum absolute atomic E-state index is 12.8. The highest BCUT2D eigenvalue weighted by atomic mass is 19.1. The number of aliphatic hydroxyl groups excluding tert-OH is 1. The number of hydrogen-bond acceptors (Lipinski definition) is 5. The zero-order valence-electron chi connectivity index (χ0n) is 12.8. The molecule has 0 amide bonds. The van der Waals surface area contributed by atoms with Gasteiger partial charge < -0.3 is 20.5 Å². The van der Waals surface area contributed by atoms with Gasteiger partial charge in [0, 0.05) is 38.2 Å². The van der Waals surface area contributed by atoms with Crippen LogP contribution in [-0.2, 0) is 6.54 Å². The molecule has 3 N–H and O–H groups in total. The third kappa shape index (κ3) is 4.43. The van der Waals surface area contributed by atoms with Gasteiger partial charge in [-0.3, -0.25) is 0 Å². The second-order valence-electron chi connectivity index (χ2n) is 5.72. The third-order valence-corrected chi connectivity index (χ3v) is 3.79. The molecule has 0 spiro atoms. The molecule has 0 saturated carbocycles. The summed E-state index contributed by atoms with van der Waals surface area (Å²) < 4.78 is 20.1. The van der Waals surface area contributed by atoms with E-state index in [1.165, 1.54) is 12.1 Å². The lowest BCUT2D eigenvalue weighted by molar-refractivity contribution is 0.105. The standard InChI is InChI=1S/C16H21FN4O2/c17-13-1-3-15(4-2-13)23-11-14(22)9-18-7-12-8-19-16-5-6-20-21(16)10-12/h1-6,12,14,18-19,22H,7-11H2/t12-,14+/m0/s1. The Bertz CT molecular complexity index is 617. The normalized spacial score (nSPS) is 18.1. The van der Waals surface area contributed by atoms with Crippen molar-refractivity contribution in [3.63, 3.8) is 0 Å². The molecule has 1 aromatic carbocycles. The average molecular weight is 320 g/mol. The van der Waals surface area contributed by atoms with E-state index in [1.807, 2.05) is 10.7 Å². The minimum Gasteiger partial charge on any atom is -0.491 e. The van der Waals surface area contributed by atoms with E-state index in [0.717, 1.165) is 25.5 Å². The second kappa shape index (κ2) is 7.43. The SMILES string of the molecule is O[C@H](CNC[C@H]1CNc2ccnn2C1)COc1ccc(F)cc1. The fourth-order valence-electron chi connectivity index (χ4n) is 2.56. The number of anilines is 1. The third-order valence-electron chi connectivity index (χ3n) is 3.79. The van der Waals surface area contributed by atoms with E-state index < -0.39 is 6.10 Å². The summed E-state index contributed by atoms with van der Waals surface area (Å²) in [6.45, 7) is 3.17. The van der Waals surface area contributed by atoms with Crippen LogP contribution in [0.15, 0.2) is 36.5 Å². The summed E-state index contributed by atoms with van der Waals surface area (Å²) in [6.07, 6.45) is 1.17. The molecule has 2 heterocycles. The first kappa shape index (κ1) is 15.8. The molecule has 1 aliphatic rings. The molecule has 0 unspecified atom stereocenters. The first-order valence-corrected chi connectivity index (χ1v) is 7.73. The molecule has 1 aliphatic heterocycles. The van der Waals surface area contributed by atoms with Gasteiger partial charge >= 0.3 is 0 Å². The van der Waals surface area contributed by atoms with Crippen molar-refractivity contribution < 1.29 is 14.2 Å². The molecular formula is C16H21FN4O2. The number of halogens is 1. The number of aromatic nitrogens is 2. The molecule has 2 aromatic rings. The summed E-state index contributed by atoms with van der Waals surface area (Å²) in [5, 5.41) is 20.8. The lowest BCUT2D eigenvalue weighted by Gasteiger charge is -2.25. The first-order valence-electron chi connectivity index (χ1n) is 7.73. The molecule has 1 aromatic heterocycles. The van der Waals surface area contributed by atoms with E-state index in [9.17, 15) is 9.50 Å². The molecule has 0 fully saturated rings. The molecule has 0 bridgehead atoms. The fraction of sp³-hybridized carbons (Fsp3) is 0.438. The van der Waals surface area contributed by atoms with Crippen molar-refractivity contribution in [3.05, 3.63) is 42.3 Å². The lowest BCUT2D eigenvalue weighted by atomic mass is 10.1. The molecule has 23 heavy (non-hydrogen) atoms. The second-order valence-corrected chi connectivity index (χ2v) is 5.72. The van der Waals surface area contributed by atoms with Gasteiger partial charge in [0.05, 0.1) is 6.20 Å². The summed E-state index contributed by atoms with van der Waals surface area (Å²) in [5.41, 5.74) is 0. The predicted molar refractivity (Wildman–Crippen MR) is 85.0 cm³/mol. The van der Waals surface area contributed by atoms with Crippen LogP contribution in [0.1, 0.15) is 0 Å². The van der Waals surface area contributed by atoms with E-state index in [-0.39, 0.29) is 12.4 Å². The first-order chi connectivity index (χ1) is 11.2. The van der Waals surface area contributed by atoms with Crippen LogP contribution < -0.4 is 15.4 Å². The monoisotopic (exact) mass is 320 g/mol. The number of hydrogen-bond donors (Lipinski definition) is 3. The Balaban J connectivity index is 1.33. The Morgan fingerprint density at radius 3 is 3.04 bits per heavy atom.